The van der Waals surface area contributed by atoms with Crippen molar-refractivity contribution in [3.8, 4) is 0 Å². The molecule has 2 heterocycles. The number of likely N-dealkylation sites (tertiary alicyclic amines) is 1. The lowest BCUT2D eigenvalue weighted by molar-refractivity contribution is -0.141. The molecule has 1 N–H and O–H groups in total. The van der Waals surface area contributed by atoms with Gasteiger partial charge in [-0.15, -0.1) is 0 Å². The van der Waals surface area contributed by atoms with Gasteiger partial charge in [-0.1, -0.05) is 0 Å². The van der Waals surface area contributed by atoms with E-state index in [9.17, 15) is 9.59 Å². The standard InChI is InChI=1S/C18H26N4O3/c1-21-9-8-19-18(21)17-14(6-7-16(24)22(17)13-4-5-13)20-15(23)11-25-10-12-2-3-12/h8-9,12-14,17H,2-7,10-11H2,1H3,(H,20,23)/t14-,17-/m1/s1. The van der Waals surface area contributed by atoms with E-state index in [0.717, 1.165) is 18.7 Å². The Labute approximate surface area is 147 Å². The Kier molecular flexibility index (Phi) is 4.50. The van der Waals surface area contributed by atoms with E-state index in [1.807, 2.05) is 22.7 Å². The Bertz CT molecular complexity index is 651. The van der Waals surface area contributed by atoms with Crippen LogP contribution in [0.5, 0.6) is 0 Å². The molecule has 0 radical (unpaired) electrons. The van der Waals surface area contributed by atoms with Crippen LogP contribution in [-0.2, 0) is 21.4 Å². The minimum absolute atomic E-state index is 0.0949. The van der Waals surface area contributed by atoms with Crippen molar-refractivity contribution in [2.75, 3.05) is 13.2 Å². The zero-order chi connectivity index (χ0) is 17.4. The van der Waals surface area contributed by atoms with Gasteiger partial charge in [-0.25, -0.2) is 4.98 Å². The summed E-state index contributed by atoms with van der Waals surface area (Å²) in [6.07, 6.45) is 9.26. The van der Waals surface area contributed by atoms with Crippen LogP contribution in [-0.4, -0.2) is 51.6 Å². The largest absolute Gasteiger partial charge is 0.371 e. The molecule has 0 unspecified atom stereocenters. The predicted molar refractivity (Wildman–Crippen MR) is 90.5 cm³/mol. The van der Waals surface area contributed by atoms with E-state index in [1.54, 1.807) is 6.20 Å². The summed E-state index contributed by atoms with van der Waals surface area (Å²) in [6.45, 7) is 0.769. The number of piperidine rings is 1. The van der Waals surface area contributed by atoms with E-state index in [2.05, 4.69) is 10.3 Å². The topological polar surface area (TPSA) is 76.5 Å². The molecule has 2 amide bonds. The van der Waals surface area contributed by atoms with Crippen LogP contribution in [0.15, 0.2) is 12.4 Å². The molecule has 1 aromatic rings. The van der Waals surface area contributed by atoms with E-state index in [-0.39, 0.29) is 30.5 Å². The van der Waals surface area contributed by atoms with Crippen molar-refractivity contribution in [3.05, 3.63) is 18.2 Å². The van der Waals surface area contributed by atoms with Crippen molar-refractivity contribution in [2.24, 2.45) is 13.0 Å². The Morgan fingerprint density at radius 3 is 2.76 bits per heavy atom. The van der Waals surface area contributed by atoms with Crippen LogP contribution in [0.3, 0.4) is 0 Å². The summed E-state index contributed by atoms with van der Waals surface area (Å²) in [5, 5.41) is 3.10. The number of imidazole rings is 1. The molecule has 1 aliphatic heterocycles. The fourth-order valence-corrected chi connectivity index (χ4v) is 3.67. The third-order valence-corrected chi connectivity index (χ3v) is 5.33. The fourth-order valence-electron chi connectivity index (χ4n) is 3.67. The van der Waals surface area contributed by atoms with Crippen molar-refractivity contribution in [1.29, 1.82) is 0 Å². The third kappa shape index (κ3) is 3.71. The van der Waals surface area contributed by atoms with Crippen LogP contribution in [0.2, 0.25) is 0 Å². The normalized spacial score (nSPS) is 26.8. The highest BCUT2D eigenvalue weighted by atomic mass is 16.5. The first-order chi connectivity index (χ1) is 12.1. The monoisotopic (exact) mass is 346 g/mol. The molecule has 136 valence electrons. The number of aryl methyl sites for hydroxylation is 1. The number of amides is 2. The number of rotatable bonds is 7. The number of nitrogens with zero attached hydrogens (tertiary/aromatic N) is 3. The highest BCUT2D eigenvalue weighted by Crippen LogP contribution is 2.40. The smallest absolute Gasteiger partial charge is 0.246 e. The third-order valence-electron chi connectivity index (χ3n) is 5.33. The molecule has 4 rings (SSSR count). The first kappa shape index (κ1) is 16.6. The Morgan fingerprint density at radius 2 is 2.12 bits per heavy atom. The van der Waals surface area contributed by atoms with Gasteiger partial charge in [-0.05, 0) is 38.0 Å². The number of aromatic nitrogens is 2. The van der Waals surface area contributed by atoms with Gasteiger partial charge in [-0.3, -0.25) is 9.59 Å². The van der Waals surface area contributed by atoms with Crippen LogP contribution in [0.1, 0.15) is 50.4 Å². The molecule has 0 bridgehead atoms. The van der Waals surface area contributed by atoms with E-state index in [4.69, 9.17) is 4.74 Å². The van der Waals surface area contributed by atoms with Crippen molar-refractivity contribution in [2.45, 2.75) is 56.7 Å². The van der Waals surface area contributed by atoms with Gasteiger partial charge in [0, 0.05) is 31.9 Å². The lowest BCUT2D eigenvalue weighted by Crippen LogP contribution is -2.54. The highest BCUT2D eigenvalue weighted by molar-refractivity contribution is 5.80. The second kappa shape index (κ2) is 6.78. The number of hydrogen-bond donors (Lipinski definition) is 1. The Balaban J connectivity index is 1.47. The molecule has 2 saturated carbocycles. The van der Waals surface area contributed by atoms with Crippen LogP contribution in [0.25, 0.3) is 0 Å². The maximum atomic E-state index is 12.5. The van der Waals surface area contributed by atoms with Gasteiger partial charge in [0.1, 0.15) is 18.5 Å². The first-order valence-electron chi connectivity index (χ1n) is 9.29. The van der Waals surface area contributed by atoms with Gasteiger partial charge in [0.15, 0.2) is 0 Å². The summed E-state index contributed by atoms with van der Waals surface area (Å²) in [6, 6.07) is -0.0161. The molecule has 2 atom stereocenters. The summed E-state index contributed by atoms with van der Waals surface area (Å²) < 4.78 is 7.45. The number of carbonyl (C=O) groups excluding carboxylic acids is 2. The van der Waals surface area contributed by atoms with E-state index >= 15 is 0 Å². The summed E-state index contributed by atoms with van der Waals surface area (Å²) >= 11 is 0. The summed E-state index contributed by atoms with van der Waals surface area (Å²) in [4.78, 5) is 31.3. The fraction of sp³-hybridized carbons (Fsp3) is 0.722. The lowest BCUT2D eigenvalue weighted by atomic mass is 9.94. The lowest BCUT2D eigenvalue weighted by Gasteiger charge is -2.41. The second-order valence-corrected chi connectivity index (χ2v) is 7.54. The van der Waals surface area contributed by atoms with Crippen LogP contribution in [0, 0.1) is 5.92 Å². The Morgan fingerprint density at radius 1 is 1.32 bits per heavy atom. The average Bonchev–Trinajstić information content (AvgIpc) is 3.49. The molecule has 0 spiro atoms. The molecule has 7 heteroatoms. The molecule has 25 heavy (non-hydrogen) atoms. The zero-order valence-electron chi connectivity index (χ0n) is 14.7. The van der Waals surface area contributed by atoms with Crippen molar-refractivity contribution in [1.82, 2.24) is 19.8 Å². The summed E-state index contributed by atoms with van der Waals surface area (Å²) in [5.41, 5.74) is 0. The molecule has 3 fully saturated rings. The average molecular weight is 346 g/mol. The molecule has 1 saturated heterocycles. The molecule has 1 aromatic heterocycles. The van der Waals surface area contributed by atoms with Gasteiger partial charge < -0.3 is 19.5 Å². The maximum absolute atomic E-state index is 12.5. The second-order valence-electron chi connectivity index (χ2n) is 7.54. The van der Waals surface area contributed by atoms with Gasteiger partial charge in [0.25, 0.3) is 0 Å². The van der Waals surface area contributed by atoms with E-state index in [1.165, 1.54) is 12.8 Å². The van der Waals surface area contributed by atoms with Crippen LogP contribution < -0.4 is 5.32 Å². The SMILES string of the molecule is Cn1ccnc1[C@H]1[C@H](NC(=O)COCC2CC2)CCC(=O)N1C1CC1. The van der Waals surface area contributed by atoms with Gasteiger partial charge >= 0.3 is 0 Å². The van der Waals surface area contributed by atoms with Gasteiger partial charge in [0.2, 0.25) is 11.8 Å². The Hall–Kier alpha value is -1.89. The highest BCUT2D eigenvalue weighted by Gasteiger charge is 2.46. The molecule has 2 aliphatic carbocycles. The molecular weight excluding hydrogens is 320 g/mol. The van der Waals surface area contributed by atoms with E-state index in [0.29, 0.717) is 31.4 Å². The van der Waals surface area contributed by atoms with E-state index < -0.39 is 0 Å². The zero-order valence-corrected chi connectivity index (χ0v) is 14.7. The van der Waals surface area contributed by atoms with Gasteiger partial charge in [-0.2, -0.15) is 0 Å². The number of nitrogens with one attached hydrogen (secondary N) is 1. The van der Waals surface area contributed by atoms with Crippen molar-refractivity contribution in [3.63, 3.8) is 0 Å². The van der Waals surface area contributed by atoms with Gasteiger partial charge in [0.05, 0.1) is 12.6 Å². The summed E-state index contributed by atoms with van der Waals surface area (Å²) in [5.74, 6) is 1.55. The first-order valence-corrected chi connectivity index (χ1v) is 9.29. The van der Waals surface area contributed by atoms with Crippen molar-refractivity contribution < 1.29 is 14.3 Å². The number of hydrogen-bond acceptors (Lipinski definition) is 4. The molecule has 0 aromatic carbocycles. The molecule has 3 aliphatic rings. The maximum Gasteiger partial charge on any atom is 0.246 e. The number of ether oxygens (including phenoxy) is 1. The van der Waals surface area contributed by atoms with Crippen molar-refractivity contribution >= 4 is 11.8 Å². The quantitative estimate of drug-likeness (QED) is 0.804. The minimum Gasteiger partial charge on any atom is -0.371 e. The number of carbonyl (C=O) groups is 2. The van der Waals surface area contributed by atoms with Crippen LogP contribution >= 0.6 is 0 Å². The predicted octanol–water partition coefficient (Wildman–Crippen LogP) is 1.16. The summed E-state index contributed by atoms with van der Waals surface area (Å²) in [7, 11) is 1.93. The molecule has 7 nitrogen and oxygen atoms in total. The minimum atomic E-state index is -0.193. The van der Waals surface area contributed by atoms with Crippen LogP contribution in [0.4, 0.5) is 0 Å². The molecular formula is C18H26N4O3.